The van der Waals surface area contributed by atoms with Crippen molar-refractivity contribution in [3.05, 3.63) is 173 Å². The molecule has 0 bridgehead atoms. The van der Waals surface area contributed by atoms with Crippen molar-refractivity contribution in [1.82, 2.24) is 9.13 Å². The Hall–Kier alpha value is -6.33. The second kappa shape index (κ2) is 12.3. The lowest BCUT2D eigenvalue weighted by atomic mass is 9.97. The van der Waals surface area contributed by atoms with Gasteiger partial charge in [-0.15, -0.1) is 0 Å². The van der Waals surface area contributed by atoms with Gasteiger partial charge in [0.05, 0.1) is 11.0 Å². The third kappa shape index (κ3) is 4.98. The van der Waals surface area contributed by atoms with Gasteiger partial charge in [-0.1, -0.05) is 48.5 Å². The maximum Gasteiger partial charge on any atom is 0.193 e. The van der Waals surface area contributed by atoms with Crippen LogP contribution >= 0.6 is 0 Å². The van der Waals surface area contributed by atoms with Crippen LogP contribution in [0.1, 0.15) is 61.6 Å². The first kappa shape index (κ1) is 31.0. The van der Waals surface area contributed by atoms with E-state index in [0.29, 0.717) is 27.8 Å². The third-order valence-electron chi connectivity index (χ3n) is 9.76. The second-order valence-electron chi connectivity index (χ2n) is 12.7. The van der Waals surface area contributed by atoms with Gasteiger partial charge in [-0.05, 0) is 117 Å². The summed E-state index contributed by atoms with van der Waals surface area (Å²) in [5.41, 5.74) is 9.07. The molecule has 2 aromatic heterocycles. The van der Waals surface area contributed by atoms with E-state index in [4.69, 9.17) is 0 Å². The van der Waals surface area contributed by atoms with Crippen molar-refractivity contribution >= 4 is 61.0 Å². The van der Waals surface area contributed by atoms with E-state index in [-0.39, 0.29) is 17.3 Å². The first-order valence-electron chi connectivity index (χ1n) is 16.9. The minimum absolute atomic E-state index is 0.0134. The number of para-hydroxylation sites is 1. The van der Waals surface area contributed by atoms with Crippen molar-refractivity contribution in [2.45, 2.75) is 27.3 Å². The van der Waals surface area contributed by atoms with E-state index in [1.54, 1.807) is 12.2 Å². The number of aromatic nitrogens is 2. The summed E-state index contributed by atoms with van der Waals surface area (Å²) in [5, 5.41) is 3.95. The number of fused-ring (bicyclic) bond motifs is 6. The molecule has 0 N–H and O–H groups in total. The van der Waals surface area contributed by atoms with E-state index < -0.39 is 0 Å². The molecule has 0 fully saturated rings. The number of aryl methyl sites for hydroxylation is 2. The smallest absolute Gasteiger partial charge is 0.193 e. The molecule has 2 heterocycles. The fraction of sp³-hybridized carbons (Fsp3) is 0.0889. The minimum atomic E-state index is -0.0719. The lowest BCUT2D eigenvalue weighted by molar-refractivity contribution is 0.103. The highest BCUT2D eigenvalue weighted by Crippen LogP contribution is 2.34. The van der Waals surface area contributed by atoms with Gasteiger partial charge in [0, 0.05) is 72.6 Å². The normalized spacial score (nSPS) is 11.7. The van der Waals surface area contributed by atoms with Gasteiger partial charge in [-0.2, -0.15) is 0 Å². The van der Waals surface area contributed by atoms with Gasteiger partial charge in [-0.25, -0.2) is 0 Å². The fourth-order valence-electron chi connectivity index (χ4n) is 7.29. The molecule has 8 aromatic rings. The minimum Gasteiger partial charge on any atom is -0.341 e. The van der Waals surface area contributed by atoms with Crippen LogP contribution in [-0.2, 0) is 6.54 Å². The van der Waals surface area contributed by atoms with Crippen molar-refractivity contribution in [2.24, 2.45) is 0 Å². The predicted molar refractivity (Wildman–Crippen MR) is 203 cm³/mol. The Morgan fingerprint density at radius 1 is 0.560 bits per heavy atom. The number of hydrogen-bond acceptors (Lipinski definition) is 3. The largest absolute Gasteiger partial charge is 0.341 e. The van der Waals surface area contributed by atoms with Crippen LogP contribution in [0.15, 0.2) is 140 Å². The fourth-order valence-corrected chi connectivity index (χ4v) is 7.29. The van der Waals surface area contributed by atoms with Gasteiger partial charge < -0.3 is 9.13 Å². The topological polar surface area (TPSA) is 61.1 Å². The number of carbonyl (C=O) groups excluding carboxylic acids is 3. The van der Waals surface area contributed by atoms with Crippen LogP contribution < -0.4 is 0 Å². The predicted octanol–water partition coefficient (Wildman–Crippen LogP) is 10.4. The van der Waals surface area contributed by atoms with Crippen LogP contribution in [0.2, 0.25) is 0 Å². The molecule has 0 saturated heterocycles. The van der Waals surface area contributed by atoms with Crippen LogP contribution in [0, 0.1) is 6.92 Å². The summed E-state index contributed by atoms with van der Waals surface area (Å²) in [5.74, 6) is -0.111. The first-order chi connectivity index (χ1) is 24.4. The molecule has 0 aliphatic rings. The first-order valence-corrected chi connectivity index (χ1v) is 16.9. The summed E-state index contributed by atoms with van der Waals surface area (Å²) in [6, 6.07) is 41.1. The molecule has 242 valence electrons. The average Bonchev–Trinajstić information content (AvgIpc) is 3.66. The highest BCUT2D eigenvalue weighted by molar-refractivity contribution is 6.18. The number of nitrogens with zero attached hydrogens (tertiary/aromatic N) is 2. The van der Waals surface area contributed by atoms with Crippen molar-refractivity contribution in [2.75, 3.05) is 0 Å². The maximum atomic E-state index is 14.0. The summed E-state index contributed by atoms with van der Waals surface area (Å²) < 4.78 is 4.39. The maximum absolute atomic E-state index is 14.0. The third-order valence-corrected chi connectivity index (χ3v) is 9.76. The van der Waals surface area contributed by atoms with E-state index in [1.165, 1.54) is 0 Å². The molecule has 0 radical (unpaired) electrons. The molecule has 0 atom stereocenters. The van der Waals surface area contributed by atoms with Gasteiger partial charge in [0.1, 0.15) is 0 Å². The van der Waals surface area contributed by atoms with Crippen LogP contribution in [-0.4, -0.2) is 26.5 Å². The molecular formula is C45H34N2O3. The summed E-state index contributed by atoms with van der Waals surface area (Å²) in [7, 11) is 0. The number of ketones is 3. The van der Waals surface area contributed by atoms with E-state index >= 15 is 0 Å². The highest BCUT2D eigenvalue weighted by Gasteiger charge is 2.19. The van der Waals surface area contributed by atoms with E-state index in [1.807, 2.05) is 129 Å². The zero-order valence-electron chi connectivity index (χ0n) is 28.1. The molecule has 50 heavy (non-hydrogen) atoms. The van der Waals surface area contributed by atoms with Crippen LogP contribution in [0.3, 0.4) is 0 Å². The lowest BCUT2D eigenvalue weighted by Gasteiger charge is -2.09. The number of carbonyl (C=O) groups is 3. The molecule has 0 unspecified atom stereocenters. The van der Waals surface area contributed by atoms with Gasteiger partial charge in [0.25, 0.3) is 0 Å². The molecular weight excluding hydrogens is 617 g/mol. The summed E-state index contributed by atoms with van der Waals surface area (Å²) >= 11 is 0. The monoisotopic (exact) mass is 650 g/mol. The summed E-state index contributed by atoms with van der Waals surface area (Å²) in [6.45, 7) is 6.65. The number of hydrogen-bond donors (Lipinski definition) is 0. The molecule has 0 aliphatic heterocycles. The standard InChI is InChI=1S/C45H34N2O3/c1-4-10-43(48)30-17-24-42-36(25-30)35-13-8-9-14-41(35)47(42)33-20-15-29(16-21-33)44(49)31-18-22-39-37(26-31)38-27-32(19-23-40(38)46(39)5-2)45(50)34-12-7-6-11-28(34)3/h4,6-27H,5H2,1-3H3. The Labute approximate surface area is 289 Å². The Morgan fingerprint density at radius 2 is 1.10 bits per heavy atom. The molecule has 8 rings (SSSR count). The summed E-state index contributed by atoms with van der Waals surface area (Å²) in [6.07, 6.45) is 3.34. The summed E-state index contributed by atoms with van der Waals surface area (Å²) in [4.78, 5) is 40.1. The van der Waals surface area contributed by atoms with Gasteiger partial charge >= 0.3 is 0 Å². The van der Waals surface area contributed by atoms with E-state index in [0.717, 1.165) is 61.4 Å². The average molecular weight is 651 g/mol. The Bertz CT molecular complexity index is 2700. The van der Waals surface area contributed by atoms with E-state index in [9.17, 15) is 14.4 Å². The molecule has 0 saturated carbocycles. The molecule has 0 amide bonds. The number of allylic oxidation sites excluding steroid dienone is 2. The van der Waals surface area contributed by atoms with Crippen molar-refractivity contribution in [3.8, 4) is 5.69 Å². The molecule has 5 heteroatoms. The Kier molecular flexibility index (Phi) is 7.61. The SMILES string of the molecule is CC=CC(=O)c1ccc2c(c1)c1ccccc1n2-c1ccc(C(=O)c2ccc3c(c2)c2cc(C(=O)c4ccccc4C)ccc2n3CC)cc1. The molecule has 0 spiro atoms. The quantitative estimate of drug-likeness (QED) is 0.121. The number of rotatable bonds is 8. The molecule has 5 nitrogen and oxygen atoms in total. The Balaban J connectivity index is 1.17. The Morgan fingerprint density at radius 3 is 1.78 bits per heavy atom. The lowest BCUT2D eigenvalue weighted by Crippen LogP contribution is -2.03. The number of benzene rings is 6. The van der Waals surface area contributed by atoms with E-state index in [2.05, 4.69) is 28.2 Å². The zero-order valence-corrected chi connectivity index (χ0v) is 28.1. The van der Waals surface area contributed by atoms with Crippen molar-refractivity contribution < 1.29 is 14.4 Å². The van der Waals surface area contributed by atoms with Gasteiger partial charge in [-0.3, -0.25) is 14.4 Å². The van der Waals surface area contributed by atoms with Crippen molar-refractivity contribution in [3.63, 3.8) is 0 Å². The zero-order chi connectivity index (χ0) is 34.5. The van der Waals surface area contributed by atoms with Gasteiger partial charge in [0.2, 0.25) is 0 Å². The highest BCUT2D eigenvalue weighted by atomic mass is 16.1. The molecule has 0 aliphatic carbocycles. The van der Waals surface area contributed by atoms with Crippen LogP contribution in [0.4, 0.5) is 0 Å². The molecule has 6 aromatic carbocycles. The van der Waals surface area contributed by atoms with Crippen LogP contribution in [0.25, 0.3) is 49.3 Å². The van der Waals surface area contributed by atoms with Gasteiger partial charge in [0.15, 0.2) is 17.3 Å². The van der Waals surface area contributed by atoms with Crippen LogP contribution in [0.5, 0.6) is 0 Å². The van der Waals surface area contributed by atoms with Crippen molar-refractivity contribution in [1.29, 1.82) is 0 Å². The second-order valence-corrected chi connectivity index (χ2v) is 12.7.